The fraction of sp³-hybridized carbons (Fsp3) is 0.273. The van der Waals surface area contributed by atoms with Crippen LogP contribution in [0.15, 0.2) is 18.2 Å². The van der Waals surface area contributed by atoms with Gasteiger partial charge in [0.25, 0.3) is 0 Å². The highest BCUT2D eigenvalue weighted by atomic mass is 35.5. The molecule has 0 spiro atoms. The van der Waals surface area contributed by atoms with Crippen LogP contribution in [0.2, 0.25) is 5.02 Å². The van der Waals surface area contributed by atoms with E-state index in [0.29, 0.717) is 0 Å². The molecule has 0 fully saturated rings. The van der Waals surface area contributed by atoms with Crippen molar-refractivity contribution in [3.63, 3.8) is 0 Å². The van der Waals surface area contributed by atoms with Crippen LogP contribution in [0, 0.1) is 0 Å². The van der Waals surface area contributed by atoms with Gasteiger partial charge in [-0.05, 0) is 18.2 Å². The fourth-order valence-electron chi connectivity index (χ4n) is 2.22. The molecule has 72 valence electrons. The second kappa shape index (κ2) is 3.01. The van der Waals surface area contributed by atoms with E-state index in [9.17, 15) is 0 Å². The van der Waals surface area contributed by atoms with Crippen molar-refractivity contribution < 1.29 is 5.32 Å². The minimum absolute atomic E-state index is 0.824. The van der Waals surface area contributed by atoms with Crippen LogP contribution in [0.25, 0.3) is 10.9 Å². The number of benzene rings is 1. The van der Waals surface area contributed by atoms with Crippen LogP contribution in [0.1, 0.15) is 11.3 Å². The van der Waals surface area contributed by atoms with Gasteiger partial charge in [-0.25, -0.2) is 0 Å². The molecule has 2 heterocycles. The lowest BCUT2D eigenvalue weighted by atomic mass is 10.1. The number of aromatic amines is 1. The van der Waals surface area contributed by atoms with E-state index in [0.717, 1.165) is 18.0 Å². The number of halogens is 1. The Hall–Kier alpha value is -0.990. The summed E-state index contributed by atoms with van der Waals surface area (Å²) in [6.07, 6.45) is 1.14. The van der Waals surface area contributed by atoms with Crippen molar-refractivity contribution in [2.75, 3.05) is 6.54 Å². The zero-order chi connectivity index (χ0) is 9.54. The molecule has 0 atom stereocenters. The summed E-state index contributed by atoms with van der Waals surface area (Å²) in [5.74, 6) is 0. The Bertz CT molecular complexity index is 487. The third kappa shape index (κ3) is 1.15. The van der Waals surface area contributed by atoms with Crippen LogP contribution < -0.4 is 5.32 Å². The molecule has 2 aromatic rings. The smallest absolute Gasteiger partial charge is 0.104 e. The monoisotopic (exact) mass is 207 g/mol. The highest BCUT2D eigenvalue weighted by molar-refractivity contribution is 6.31. The lowest BCUT2D eigenvalue weighted by molar-refractivity contribution is -0.673. The predicted molar refractivity (Wildman–Crippen MR) is 57.5 cm³/mol. The van der Waals surface area contributed by atoms with E-state index in [-0.39, 0.29) is 0 Å². The first-order chi connectivity index (χ1) is 6.84. The van der Waals surface area contributed by atoms with Gasteiger partial charge in [0.15, 0.2) is 0 Å². The number of nitrogens with two attached hydrogens (primary N) is 1. The average Bonchev–Trinajstić information content (AvgIpc) is 2.56. The summed E-state index contributed by atoms with van der Waals surface area (Å²) >= 11 is 5.99. The Labute approximate surface area is 87.3 Å². The van der Waals surface area contributed by atoms with Crippen molar-refractivity contribution in [1.29, 1.82) is 0 Å². The van der Waals surface area contributed by atoms with Crippen molar-refractivity contribution in [2.24, 2.45) is 0 Å². The summed E-state index contributed by atoms with van der Waals surface area (Å²) in [7, 11) is 0. The van der Waals surface area contributed by atoms with Gasteiger partial charge in [0.05, 0.1) is 6.54 Å². The predicted octanol–water partition coefficient (Wildman–Crippen LogP) is 1.44. The summed E-state index contributed by atoms with van der Waals surface area (Å²) < 4.78 is 0. The van der Waals surface area contributed by atoms with Gasteiger partial charge in [0.2, 0.25) is 0 Å². The molecule has 0 radical (unpaired) electrons. The van der Waals surface area contributed by atoms with Crippen LogP contribution in [-0.2, 0) is 13.0 Å². The highest BCUT2D eigenvalue weighted by Gasteiger charge is 2.16. The Kier molecular flexibility index (Phi) is 1.79. The SMILES string of the molecule is Clc1ccc2[nH]c3c(c2c1)C[NH2+]CC3. The molecule has 14 heavy (non-hydrogen) atoms. The first-order valence-electron chi connectivity index (χ1n) is 4.95. The van der Waals surface area contributed by atoms with Crippen LogP contribution >= 0.6 is 11.6 Å². The maximum atomic E-state index is 5.99. The molecule has 3 rings (SSSR count). The molecule has 0 bridgehead atoms. The number of H-pyrrole nitrogens is 1. The Morgan fingerprint density at radius 1 is 1.36 bits per heavy atom. The van der Waals surface area contributed by atoms with Crippen molar-refractivity contribution >= 4 is 22.5 Å². The Balaban J connectivity index is 2.32. The number of hydrogen-bond donors (Lipinski definition) is 2. The minimum Gasteiger partial charge on any atom is -0.358 e. The summed E-state index contributed by atoms with van der Waals surface area (Å²) in [6, 6.07) is 6.07. The van der Waals surface area contributed by atoms with Gasteiger partial charge in [-0.1, -0.05) is 11.6 Å². The van der Waals surface area contributed by atoms with Crippen LogP contribution in [0.4, 0.5) is 0 Å². The first-order valence-corrected chi connectivity index (χ1v) is 5.33. The van der Waals surface area contributed by atoms with Crippen molar-refractivity contribution in [1.82, 2.24) is 4.98 Å². The summed E-state index contributed by atoms with van der Waals surface area (Å²) in [5, 5.41) is 4.46. The van der Waals surface area contributed by atoms with E-state index in [1.165, 1.54) is 28.7 Å². The van der Waals surface area contributed by atoms with E-state index >= 15 is 0 Å². The number of hydrogen-bond acceptors (Lipinski definition) is 0. The van der Waals surface area contributed by atoms with Gasteiger partial charge in [-0.3, -0.25) is 0 Å². The van der Waals surface area contributed by atoms with Gasteiger partial charge >= 0.3 is 0 Å². The second-order valence-corrected chi connectivity index (χ2v) is 4.24. The van der Waals surface area contributed by atoms with E-state index in [1.54, 1.807) is 0 Å². The molecule has 1 aromatic carbocycles. The second-order valence-electron chi connectivity index (χ2n) is 3.80. The molecule has 1 aliphatic heterocycles. The van der Waals surface area contributed by atoms with Gasteiger partial charge in [-0.15, -0.1) is 0 Å². The topological polar surface area (TPSA) is 32.4 Å². The molecule has 0 unspecified atom stereocenters. The van der Waals surface area contributed by atoms with Crippen LogP contribution in [-0.4, -0.2) is 11.5 Å². The van der Waals surface area contributed by atoms with E-state index in [2.05, 4.69) is 22.4 Å². The van der Waals surface area contributed by atoms with E-state index in [1.807, 2.05) is 6.07 Å². The number of rotatable bonds is 0. The van der Waals surface area contributed by atoms with E-state index in [4.69, 9.17) is 11.6 Å². The molecule has 0 saturated heterocycles. The third-order valence-corrected chi connectivity index (χ3v) is 3.14. The molecule has 0 saturated carbocycles. The summed E-state index contributed by atoms with van der Waals surface area (Å²) in [4.78, 5) is 3.46. The zero-order valence-electron chi connectivity index (χ0n) is 7.81. The lowest BCUT2D eigenvalue weighted by Gasteiger charge is -2.09. The quantitative estimate of drug-likeness (QED) is 0.656. The number of nitrogens with one attached hydrogen (secondary N) is 1. The molecule has 3 N–H and O–H groups in total. The average molecular weight is 208 g/mol. The van der Waals surface area contributed by atoms with Crippen molar-refractivity contribution in [3.05, 3.63) is 34.5 Å². The molecule has 0 amide bonds. The van der Waals surface area contributed by atoms with E-state index < -0.39 is 0 Å². The Morgan fingerprint density at radius 3 is 3.21 bits per heavy atom. The molecule has 1 aromatic heterocycles. The summed E-state index contributed by atoms with van der Waals surface area (Å²) in [6.45, 7) is 2.27. The lowest BCUT2D eigenvalue weighted by Crippen LogP contribution is -2.84. The van der Waals surface area contributed by atoms with Gasteiger partial charge in [0.1, 0.15) is 6.54 Å². The van der Waals surface area contributed by atoms with Crippen LogP contribution in [0.5, 0.6) is 0 Å². The highest BCUT2D eigenvalue weighted by Crippen LogP contribution is 2.26. The standard InChI is InChI=1S/C11H11ClN2/c12-7-1-2-10-8(5-7)9-6-13-4-3-11(9)14-10/h1-2,5,13-14H,3-4,6H2/p+1. The largest absolute Gasteiger partial charge is 0.358 e. The van der Waals surface area contributed by atoms with Gasteiger partial charge in [-0.2, -0.15) is 0 Å². The summed E-state index contributed by atoms with van der Waals surface area (Å²) in [5.41, 5.74) is 4.05. The Morgan fingerprint density at radius 2 is 2.29 bits per heavy atom. The van der Waals surface area contributed by atoms with Crippen molar-refractivity contribution in [3.8, 4) is 0 Å². The first kappa shape index (κ1) is 8.33. The maximum Gasteiger partial charge on any atom is 0.104 e. The maximum absolute atomic E-state index is 5.99. The molecule has 1 aliphatic rings. The number of quaternary nitrogens is 1. The number of fused-ring (bicyclic) bond motifs is 3. The molecule has 3 heteroatoms. The minimum atomic E-state index is 0.824. The van der Waals surface area contributed by atoms with Crippen molar-refractivity contribution in [2.45, 2.75) is 13.0 Å². The normalized spacial score (nSPS) is 15.8. The van der Waals surface area contributed by atoms with Gasteiger partial charge < -0.3 is 10.3 Å². The molecular weight excluding hydrogens is 196 g/mol. The van der Waals surface area contributed by atoms with Crippen LogP contribution in [0.3, 0.4) is 0 Å². The molecule has 2 nitrogen and oxygen atoms in total. The molecule has 0 aliphatic carbocycles. The molecular formula is C11H12ClN2+. The number of aromatic nitrogens is 1. The fourth-order valence-corrected chi connectivity index (χ4v) is 2.39. The van der Waals surface area contributed by atoms with Gasteiger partial charge in [0, 0.05) is 33.6 Å². The third-order valence-electron chi connectivity index (χ3n) is 2.90. The zero-order valence-corrected chi connectivity index (χ0v) is 8.56.